The van der Waals surface area contributed by atoms with Crippen LogP contribution in [-0.4, -0.2) is 63.0 Å². The number of rotatable bonds is 17. The maximum atomic E-state index is 13.8. The van der Waals surface area contributed by atoms with Gasteiger partial charge in [0.05, 0.1) is 49.0 Å². The number of carbonyl (C=O) groups is 4. The zero-order valence-electron chi connectivity index (χ0n) is 29.3. The van der Waals surface area contributed by atoms with Crippen molar-refractivity contribution < 1.29 is 38.3 Å². The first-order chi connectivity index (χ1) is 25.1. The number of benzene rings is 4. The summed E-state index contributed by atoms with van der Waals surface area (Å²) in [6.45, 7) is 1.90. The first-order valence-corrected chi connectivity index (χ1v) is 17.8. The topological polar surface area (TPSA) is 175 Å². The highest BCUT2D eigenvalue weighted by atomic mass is 31.1. The highest BCUT2D eigenvalue weighted by Gasteiger charge is 2.28. The third-order valence-corrected chi connectivity index (χ3v) is 10.5. The summed E-state index contributed by atoms with van der Waals surface area (Å²) in [4.78, 5) is 61.8. The van der Waals surface area contributed by atoms with Gasteiger partial charge >= 0.3 is 5.97 Å². The molecular formula is C38H41N4O9P. The quantitative estimate of drug-likeness (QED) is 0.0476. The lowest BCUT2D eigenvalue weighted by atomic mass is 10.0. The second-order valence-corrected chi connectivity index (χ2v) is 13.7. The Bertz CT molecular complexity index is 1850. The van der Waals surface area contributed by atoms with Crippen molar-refractivity contribution in [1.29, 1.82) is 0 Å². The van der Waals surface area contributed by atoms with E-state index in [-0.39, 0.29) is 66.1 Å². The Labute approximate surface area is 303 Å². The standard InChI is InChI=1S/C38H41N4O9P/c1-25(30-23-32(49-3)33(24-31(30)42(47)48)51-21-11-16-36(44)40-20-19-35(43)39-2)41-37(45)26-17-18-29(38(46)50-4)34(22-26)52(27-12-7-5-8-13-27)28-14-9-6-10-15-28/h5-10,12-15,17-18,22-25H,11,16,19-21H2,1-4H3,(H,39,43)(H,40,44)(H,41,45). The third kappa shape index (κ3) is 10.1. The molecule has 4 aromatic rings. The molecule has 1 atom stereocenters. The lowest BCUT2D eigenvalue weighted by molar-refractivity contribution is -0.385. The van der Waals surface area contributed by atoms with Crippen molar-refractivity contribution in [2.75, 3.05) is 34.4 Å². The molecule has 0 fully saturated rings. The first kappa shape index (κ1) is 39.0. The van der Waals surface area contributed by atoms with E-state index in [1.165, 1.54) is 39.5 Å². The van der Waals surface area contributed by atoms with Crippen LogP contribution in [-0.2, 0) is 14.3 Å². The first-order valence-electron chi connectivity index (χ1n) is 16.5. The third-order valence-electron chi connectivity index (χ3n) is 8.02. The van der Waals surface area contributed by atoms with E-state index in [1.807, 2.05) is 60.7 Å². The van der Waals surface area contributed by atoms with Gasteiger partial charge in [-0.1, -0.05) is 60.7 Å². The summed E-state index contributed by atoms with van der Waals surface area (Å²) in [5, 5.41) is 22.8. The molecule has 52 heavy (non-hydrogen) atoms. The number of methoxy groups -OCH3 is 2. The zero-order valence-corrected chi connectivity index (χ0v) is 30.2. The Morgan fingerprint density at radius 2 is 1.50 bits per heavy atom. The Kier molecular flexibility index (Phi) is 14.2. The average molecular weight is 729 g/mol. The molecule has 0 aromatic heterocycles. The van der Waals surface area contributed by atoms with Crippen molar-refractivity contribution in [3.8, 4) is 11.5 Å². The van der Waals surface area contributed by atoms with Crippen LogP contribution in [0.2, 0.25) is 0 Å². The smallest absolute Gasteiger partial charge is 0.338 e. The van der Waals surface area contributed by atoms with Gasteiger partial charge in [0.25, 0.3) is 11.6 Å². The highest BCUT2D eigenvalue weighted by molar-refractivity contribution is 7.80. The molecule has 0 spiro atoms. The van der Waals surface area contributed by atoms with Crippen LogP contribution in [0.4, 0.5) is 5.69 Å². The molecular weight excluding hydrogens is 687 g/mol. The minimum absolute atomic E-state index is 0.0699. The van der Waals surface area contributed by atoms with Crippen LogP contribution < -0.4 is 41.3 Å². The minimum atomic E-state index is -1.29. The van der Waals surface area contributed by atoms with Gasteiger partial charge in [0.1, 0.15) is 0 Å². The van der Waals surface area contributed by atoms with Crippen molar-refractivity contribution in [1.82, 2.24) is 16.0 Å². The molecule has 13 nitrogen and oxygen atoms in total. The number of carbonyl (C=O) groups excluding carboxylic acids is 4. The lowest BCUT2D eigenvalue weighted by Gasteiger charge is -2.23. The zero-order chi connectivity index (χ0) is 37.6. The number of ether oxygens (including phenoxy) is 3. The summed E-state index contributed by atoms with van der Waals surface area (Å²) < 4.78 is 16.4. The van der Waals surface area contributed by atoms with Crippen LogP contribution in [0.1, 0.15) is 58.5 Å². The number of nitrogens with one attached hydrogen (secondary N) is 3. The number of nitrogens with zero attached hydrogens (tertiary/aromatic N) is 1. The molecule has 0 bridgehead atoms. The summed E-state index contributed by atoms with van der Waals surface area (Å²) >= 11 is 0. The van der Waals surface area contributed by atoms with E-state index in [2.05, 4.69) is 16.0 Å². The normalized spacial score (nSPS) is 11.2. The number of nitro benzene ring substituents is 1. The van der Waals surface area contributed by atoms with E-state index < -0.39 is 30.8 Å². The Balaban J connectivity index is 1.56. The van der Waals surface area contributed by atoms with Gasteiger partial charge in [0, 0.05) is 37.3 Å². The molecule has 0 aliphatic carbocycles. The van der Waals surface area contributed by atoms with Crippen molar-refractivity contribution in [3.63, 3.8) is 0 Å². The van der Waals surface area contributed by atoms with Gasteiger partial charge in [-0.05, 0) is 56.1 Å². The van der Waals surface area contributed by atoms with Gasteiger partial charge < -0.3 is 30.2 Å². The van der Waals surface area contributed by atoms with Gasteiger partial charge in [-0.3, -0.25) is 24.5 Å². The number of nitro groups is 1. The number of hydrogen-bond donors (Lipinski definition) is 3. The van der Waals surface area contributed by atoms with Crippen molar-refractivity contribution in [3.05, 3.63) is 118 Å². The monoisotopic (exact) mass is 728 g/mol. The molecule has 0 aliphatic rings. The summed E-state index contributed by atoms with van der Waals surface area (Å²) in [6, 6.07) is 26.0. The van der Waals surface area contributed by atoms with Gasteiger partial charge in [-0.2, -0.15) is 0 Å². The van der Waals surface area contributed by atoms with E-state index in [1.54, 1.807) is 19.1 Å². The second-order valence-electron chi connectivity index (χ2n) is 11.5. The SMILES string of the molecule is CNC(=O)CCNC(=O)CCCOc1cc([N+](=O)[O-])c(C(C)NC(=O)c2ccc(C(=O)OC)c(P(c3ccccc3)c3ccccc3)c2)cc1OC. The van der Waals surface area contributed by atoms with Crippen LogP contribution in [0.3, 0.4) is 0 Å². The van der Waals surface area contributed by atoms with Crippen molar-refractivity contribution >= 4 is 53.2 Å². The predicted octanol–water partition coefficient (Wildman–Crippen LogP) is 4.05. The average Bonchev–Trinajstić information content (AvgIpc) is 3.16. The molecule has 1 unspecified atom stereocenters. The minimum Gasteiger partial charge on any atom is -0.493 e. The molecule has 0 saturated heterocycles. The van der Waals surface area contributed by atoms with Gasteiger partial charge in [0.15, 0.2) is 11.5 Å². The fourth-order valence-electron chi connectivity index (χ4n) is 5.37. The Morgan fingerprint density at radius 3 is 2.08 bits per heavy atom. The highest BCUT2D eigenvalue weighted by Crippen LogP contribution is 2.38. The predicted molar refractivity (Wildman–Crippen MR) is 198 cm³/mol. The van der Waals surface area contributed by atoms with Crippen LogP contribution in [0, 0.1) is 10.1 Å². The second kappa shape index (κ2) is 19.0. The van der Waals surface area contributed by atoms with Crippen molar-refractivity contribution in [2.24, 2.45) is 0 Å². The van der Waals surface area contributed by atoms with Crippen LogP contribution >= 0.6 is 7.92 Å². The summed E-state index contributed by atoms with van der Waals surface area (Å²) in [5.74, 6) is -1.18. The maximum Gasteiger partial charge on any atom is 0.338 e. The van der Waals surface area contributed by atoms with E-state index in [0.717, 1.165) is 10.6 Å². The number of esters is 1. The molecule has 0 saturated carbocycles. The van der Waals surface area contributed by atoms with Gasteiger partial charge in [0.2, 0.25) is 11.8 Å². The van der Waals surface area contributed by atoms with E-state index >= 15 is 0 Å². The summed E-state index contributed by atoms with van der Waals surface area (Å²) in [6.07, 6.45) is 0.599. The fraction of sp³-hybridized carbons (Fsp3) is 0.263. The molecule has 14 heteroatoms. The molecule has 0 aliphatic heterocycles. The summed E-state index contributed by atoms with van der Waals surface area (Å²) in [7, 11) is 2.92. The lowest BCUT2D eigenvalue weighted by Crippen LogP contribution is -2.30. The molecule has 272 valence electrons. The molecule has 4 rings (SSSR count). The van der Waals surface area contributed by atoms with Crippen molar-refractivity contribution in [2.45, 2.75) is 32.2 Å². The number of hydrogen-bond acceptors (Lipinski definition) is 9. The Hall–Kier alpha value is -5.81. The van der Waals surface area contributed by atoms with E-state index in [4.69, 9.17) is 14.2 Å². The molecule has 4 aromatic carbocycles. The number of amides is 3. The van der Waals surface area contributed by atoms with Crippen LogP contribution in [0.25, 0.3) is 0 Å². The largest absolute Gasteiger partial charge is 0.493 e. The van der Waals surface area contributed by atoms with E-state index in [9.17, 15) is 29.3 Å². The van der Waals surface area contributed by atoms with Gasteiger partial charge in [-0.25, -0.2) is 4.79 Å². The molecule has 3 amide bonds. The maximum absolute atomic E-state index is 13.8. The van der Waals surface area contributed by atoms with Crippen LogP contribution in [0.15, 0.2) is 91.0 Å². The Morgan fingerprint density at radius 1 is 0.846 bits per heavy atom. The fourth-order valence-corrected chi connectivity index (χ4v) is 7.84. The molecule has 0 radical (unpaired) electrons. The van der Waals surface area contributed by atoms with Gasteiger partial charge in [-0.15, -0.1) is 0 Å². The molecule has 0 heterocycles. The van der Waals surface area contributed by atoms with E-state index in [0.29, 0.717) is 17.3 Å². The van der Waals surface area contributed by atoms with Crippen LogP contribution in [0.5, 0.6) is 11.5 Å². The molecule has 3 N–H and O–H groups in total. The summed E-state index contributed by atoms with van der Waals surface area (Å²) in [5.41, 5.74) is 0.457.